The van der Waals surface area contributed by atoms with Gasteiger partial charge in [-0.15, -0.1) is 0 Å². The minimum absolute atomic E-state index is 0.00576. The van der Waals surface area contributed by atoms with Gasteiger partial charge in [0.1, 0.15) is 5.60 Å². The van der Waals surface area contributed by atoms with Crippen molar-refractivity contribution in [3.05, 3.63) is 69.7 Å². The summed E-state index contributed by atoms with van der Waals surface area (Å²) < 4.78 is 5.42. The fourth-order valence-corrected chi connectivity index (χ4v) is 3.74. The maximum atomic E-state index is 12.6. The van der Waals surface area contributed by atoms with E-state index in [1.807, 2.05) is 30.3 Å². The predicted molar refractivity (Wildman–Crippen MR) is 103 cm³/mol. The molecule has 1 aliphatic heterocycles. The third-order valence-electron chi connectivity index (χ3n) is 4.86. The van der Waals surface area contributed by atoms with Crippen molar-refractivity contribution in [3.63, 3.8) is 0 Å². The van der Waals surface area contributed by atoms with Gasteiger partial charge < -0.3 is 15.2 Å². The molecule has 1 unspecified atom stereocenters. The van der Waals surface area contributed by atoms with Gasteiger partial charge in [0.25, 0.3) is 5.91 Å². The highest BCUT2D eigenvalue weighted by molar-refractivity contribution is 6.35. The molecule has 0 aliphatic carbocycles. The fourth-order valence-electron chi connectivity index (χ4n) is 3.37. The summed E-state index contributed by atoms with van der Waals surface area (Å²) in [5.41, 5.74) is -0.0999. The summed E-state index contributed by atoms with van der Waals surface area (Å²) >= 11 is 12.1. The number of amides is 1. The number of aliphatic hydroxyl groups is 1. The summed E-state index contributed by atoms with van der Waals surface area (Å²) in [6.07, 6.45) is 1.47. The third-order valence-corrected chi connectivity index (χ3v) is 5.43. The zero-order valence-corrected chi connectivity index (χ0v) is 15.8. The second-order valence-corrected chi connectivity index (χ2v) is 7.33. The molecule has 2 aromatic rings. The lowest BCUT2D eigenvalue weighted by Gasteiger charge is -2.39. The predicted octanol–water partition coefficient (Wildman–Crippen LogP) is 4.04. The lowest BCUT2D eigenvalue weighted by atomic mass is 9.77. The fraction of sp³-hybridized carbons (Fsp3) is 0.350. The normalized spacial score (nSPS) is 17.5. The van der Waals surface area contributed by atoms with Crippen LogP contribution in [0.15, 0.2) is 48.5 Å². The van der Waals surface area contributed by atoms with Crippen LogP contribution in [0.4, 0.5) is 0 Å². The number of nitrogens with one attached hydrogen (secondary N) is 1. The number of carbonyl (C=O) groups is 1. The van der Waals surface area contributed by atoms with E-state index in [0.717, 1.165) is 18.4 Å². The molecule has 0 saturated carbocycles. The molecule has 1 saturated heterocycles. The van der Waals surface area contributed by atoms with Crippen LogP contribution in [-0.4, -0.2) is 30.8 Å². The number of hydrogen-bond acceptors (Lipinski definition) is 3. The number of rotatable bonds is 5. The molecule has 0 radical (unpaired) electrons. The Morgan fingerprint density at radius 2 is 1.85 bits per heavy atom. The van der Waals surface area contributed by atoms with Crippen molar-refractivity contribution in [2.75, 3.05) is 19.8 Å². The van der Waals surface area contributed by atoms with Crippen LogP contribution in [0.3, 0.4) is 0 Å². The van der Waals surface area contributed by atoms with Crippen molar-refractivity contribution in [1.29, 1.82) is 0 Å². The zero-order chi connectivity index (χ0) is 18.6. The third kappa shape index (κ3) is 4.21. The van der Waals surface area contributed by atoms with Crippen LogP contribution in [-0.2, 0) is 10.3 Å². The molecule has 138 valence electrons. The second kappa shape index (κ2) is 8.40. The number of carbonyl (C=O) groups excluding carboxylic acids is 1. The van der Waals surface area contributed by atoms with Gasteiger partial charge >= 0.3 is 0 Å². The van der Waals surface area contributed by atoms with Crippen molar-refractivity contribution >= 4 is 29.1 Å². The van der Waals surface area contributed by atoms with Gasteiger partial charge in [-0.05, 0) is 42.5 Å². The molecule has 1 fully saturated rings. The Labute approximate surface area is 163 Å². The summed E-state index contributed by atoms with van der Waals surface area (Å²) in [5.74, 6) is -0.368. The summed E-state index contributed by atoms with van der Waals surface area (Å²) in [4.78, 5) is 12.6. The van der Waals surface area contributed by atoms with Crippen molar-refractivity contribution in [2.24, 2.45) is 5.92 Å². The van der Waals surface area contributed by atoms with Crippen LogP contribution in [0, 0.1) is 5.92 Å². The van der Waals surface area contributed by atoms with Crippen molar-refractivity contribution in [1.82, 2.24) is 5.32 Å². The standard InChI is InChI=1S/C20H21Cl2NO3/c21-16-6-7-18(22)17(12-16)19(24)23-13-20(25,14-4-2-1-3-5-14)15-8-10-26-11-9-15/h1-7,12,15,25H,8-11,13H2,(H,23,24). The molecular weight excluding hydrogens is 373 g/mol. The van der Waals surface area contributed by atoms with E-state index in [1.165, 1.54) is 6.07 Å². The molecule has 0 spiro atoms. The Morgan fingerprint density at radius 1 is 1.15 bits per heavy atom. The quantitative estimate of drug-likeness (QED) is 0.805. The van der Waals surface area contributed by atoms with Crippen molar-refractivity contribution < 1.29 is 14.6 Å². The first-order chi connectivity index (χ1) is 12.5. The molecule has 1 atom stereocenters. The Bertz CT molecular complexity index is 763. The molecule has 2 N–H and O–H groups in total. The molecule has 1 heterocycles. The Balaban J connectivity index is 1.82. The van der Waals surface area contributed by atoms with E-state index in [1.54, 1.807) is 12.1 Å². The minimum Gasteiger partial charge on any atom is -0.383 e. The van der Waals surface area contributed by atoms with Gasteiger partial charge in [-0.1, -0.05) is 53.5 Å². The van der Waals surface area contributed by atoms with E-state index in [0.29, 0.717) is 28.8 Å². The highest BCUT2D eigenvalue weighted by atomic mass is 35.5. The molecule has 6 heteroatoms. The Kier molecular flexibility index (Phi) is 6.20. The van der Waals surface area contributed by atoms with Crippen molar-refractivity contribution in [3.8, 4) is 0 Å². The topological polar surface area (TPSA) is 58.6 Å². The van der Waals surface area contributed by atoms with Gasteiger partial charge in [-0.25, -0.2) is 0 Å². The maximum Gasteiger partial charge on any atom is 0.252 e. The molecule has 1 amide bonds. The van der Waals surface area contributed by atoms with Gasteiger partial charge in [0, 0.05) is 18.2 Å². The average Bonchev–Trinajstić information content (AvgIpc) is 2.69. The molecular formula is C20H21Cl2NO3. The van der Waals surface area contributed by atoms with E-state index in [4.69, 9.17) is 27.9 Å². The zero-order valence-electron chi connectivity index (χ0n) is 14.3. The van der Waals surface area contributed by atoms with E-state index in [9.17, 15) is 9.90 Å². The average molecular weight is 394 g/mol. The van der Waals surface area contributed by atoms with E-state index in [2.05, 4.69) is 5.32 Å². The SMILES string of the molecule is O=C(NCC(O)(c1ccccc1)C1CCOCC1)c1cc(Cl)ccc1Cl. The monoisotopic (exact) mass is 393 g/mol. The van der Waals surface area contributed by atoms with Gasteiger partial charge in [-0.2, -0.15) is 0 Å². The molecule has 3 rings (SSSR count). The largest absolute Gasteiger partial charge is 0.383 e. The van der Waals surface area contributed by atoms with E-state index in [-0.39, 0.29) is 18.4 Å². The van der Waals surface area contributed by atoms with Gasteiger partial charge in [0.05, 0.1) is 17.1 Å². The van der Waals surface area contributed by atoms with Gasteiger partial charge in [-0.3, -0.25) is 4.79 Å². The molecule has 1 aliphatic rings. The van der Waals surface area contributed by atoms with Gasteiger partial charge in [0.2, 0.25) is 0 Å². The second-order valence-electron chi connectivity index (χ2n) is 6.48. The van der Waals surface area contributed by atoms with Gasteiger partial charge in [0.15, 0.2) is 0 Å². The number of hydrogen-bond donors (Lipinski definition) is 2. The highest BCUT2D eigenvalue weighted by Gasteiger charge is 2.39. The summed E-state index contributed by atoms with van der Waals surface area (Å²) in [6, 6.07) is 14.2. The number of benzene rings is 2. The lowest BCUT2D eigenvalue weighted by molar-refractivity contribution is -0.0680. The van der Waals surface area contributed by atoms with Crippen LogP contribution in [0.1, 0.15) is 28.8 Å². The van der Waals surface area contributed by atoms with E-state index >= 15 is 0 Å². The number of ether oxygens (including phenoxy) is 1. The molecule has 2 aromatic carbocycles. The van der Waals surface area contributed by atoms with Crippen LogP contribution >= 0.6 is 23.2 Å². The lowest BCUT2D eigenvalue weighted by Crippen LogP contribution is -2.47. The molecule has 26 heavy (non-hydrogen) atoms. The summed E-state index contributed by atoms with van der Waals surface area (Å²) in [5, 5.41) is 15.1. The molecule has 4 nitrogen and oxygen atoms in total. The Hall–Kier alpha value is -1.59. The first kappa shape index (κ1) is 19.2. The van der Waals surface area contributed by atoms with Crippen LogP contribution < -0.4 is 5.32 Å². The first-order valence-corrected chi connectivity index (χ1v) is 9.35. The smallest absolute Gasteiger partial charge is 0.252 e. The minimum atomic E-state index is -1.17. The van der Waals surface area contributed by atoms with Crippen LogP contribution in [0.2, 0.25) is 10.0 Å². The maximum absolute atomic E-state index is 12.6. The molecule has 0 bridgehead atoms. The highest BCUT2D eigenvalue weighted by Crippen LogP contribution is 2.36. The molecule has 0 aromatic heterocycles. The Morgan fingerprint density at radius 3 is 2.54 bits per heavy atom. The number of halogens is 2. The van der Waals surface area contributed by atoms with Crippen molar-refractivity contribution in [2.45, 2.75) is 18.4 Å². The summed E-state index contributed by atoms with van der Waals surface area (Å²) in [7, 11) is 0. The van der Waals surface area contributed by atoms with Crippen LogP contribution in [0.5, 0.6) is 0 Å². The first-order valence-electron chi connectivity index (χ1n) is 8.59. The summed E-state index contributed by atoms with van der Waals surface area (Å²) in [6.45, 7) is 1.30. The van der Waals surface area contributed by atoms with E-state index < -0.39 is 5.60 Å². The van der Waals surface area contributed by atoms with Crippen LogP contribution in [0.25, 0.3) is 0 Å².